The van der Waals surface area contributed by atoms with Gasteiger partial charge in [0.25, 0.3) is 0 Å². The summed E-state index contributed by atoms with van der Waals surface area (Å²) >= 11 is 0. The molecule has 6 nitrogen and oxygen atoms in total. The molecule has 0 atom stereocenters. The summed E-state index contributed by atoms with van der Waals surface area (Å²) in [5, 5.41) is 12.5. The van der Waals surface area contributed by atoms with Crippen LogP contribution in [0, 0.1) is 0 Å². The number of pyridine rings is 1. The first kappa shape index (κ1) is 11.7. The normalized spacial score (nSPS) is 13.9. The van der Waals surface area contributed by atoms with Crippen LogP contribution < -0.4 is 5.32 Å². The fourth-order valence-electron chi connectivity index (χ4n) is 2.16. The largest absolute Gasteiger partial charge is 0.476 e. The summed E-state index contributed by atoms with van der Waals surface area (Å²) in [6.45, 7) is 1.33. The molecular weight excluding hydrogens is 244 g/mol. The second-order valence-corrected chi connectivity index (χ2v) is 4.29. The third-order valence-corrected chi connectivity index (χ3v) is 3.06. The molecule has 0 saturated carbocycles. The van der Waals surface area contributed by atoms with Gasteiger partial charge in [0.05, 0.1) is 5.69 Å². The average molecular weight is 256 g/mol. The molecule has 0 fully saturated rings. The van der Waals surface area contributed by atoms with Crippen LogP contribution in [0.15, 0.2) is 24.5 Å². The monoisotopic (exact) mass is 256 g/mol. The lowest BCUT2D eigenvalue weighted by Crippen LogP contribution is -2.27. The highest BCUT2D eigenvalue weighted by Crippen LogP contribution is 2.21. The highest BCUT2D eigenvalue weighted by molar-refractivity contribution is 5.88. The summed E-state index contributed by atoms with van der Waals surface area (Å²) in [6, 6.07) is 3.59. The van der Waals surface area contributed by atoms with Gasteiger partial charge in [-0.3, -0.25) is 4.98 Å². The molecule has 0 bridgehead atoms. The van der Waals surface area contributed by atoms with Gasteiger partial charge < -0.3 is 10.4 Å². The number of carboxylic acids is 1. The Morgan fingerprint density at radius 3 is 3.00 bits per heavy atom. The second-order valence-electron chi connectivity index (χ2n) is 4.29. The lowest BCUT2D eigenvalue weighted by Gasteiger charge is -2.18. The minimum absolute atomic E-state index is 0.102. The van der Waals surface area contributed by atoms with Crippen molar-refractivity contribution in [1.29, 1.82) is 0 Å². The Kier molecular flexibility index (Phi) is 2.92. The molecule has 1 aliphatic heterocycles. The van der Waals surface area contributed by atoms with E-state index in [-0.39, 0.29) is 5.69 Å². The summed E-state index contributed by atoms with van der Waals surface area (Å²) in [5.41, 5.74) is 2.32. The van der Waals surface area contributed by atoms with Gasteiger partial charge in [0.2, 0.25) is 0 Å². The zero-order valence-corrected chi connectivity index (χ0v) is 10.1. The summed E-state index contributed by atoms with van der Waals surface area (Å²) < 4.78 is 0. The second kappa shape index (κ2) is 4.74. The quantitative estimate of drug-likeness (QED) is 0.829. The van der Waals surface area contributed by atoms with E-state index in [4.69, 9.17) is 0 Å². The molecule has 0 saturated heterocycles. The van der Waals surface area contributed by atoms with Crippen molar-refractivity contribution in [2.45, 2.75) is 13.0 Å². The molecule has 6 heteroatoms. The van der Waals surface area contributed by atoms with Crippen molar-refractivity contribution in [3.05, 3.63) is 41.5 Å². The van der Waals surface area contributed by atoms with E-state index in [0.29, 0.717) is 18.8 Å². The van der Waals surface area contributed by atoms with Gasteiger partial charge in [0.1, 0.15) is 0 Å². The predicted molar refractivity (Wildman–Crippen MR) is 67.6 cm³/mol. The van der Waals surface area contributed by atoms with E-state index in [0.717, 1.165) is 23.4 Å². The number of fused-ring (bicyclic) bond motifs is 1. The Morgan fingerprint density at radius 1 is 1.37 bits per heavy atom. The van der Waals surface area contributed by atoms with Gasteiger partial charge in [-0.15, -0.1) is 0 Å². The maximum absolute atomic E-state index is 11.3. The SMILES string of the molecule is O=C(O)c1nc(-c2cccnc2)nc2c1CCNC2. The molecule has 0 spiro atoms. The van der Waals surface area contributed by atoms with Crippen LogP contribution in [0.3, 0.4) is 0 Å². The Labute approximate surface area is 109 Å². The summed E-state index contributed by atoms with van der Waals surface area (Å²) in [7, 11) is 0. The Bertz CT molecular complexity index is 628. The van der Waals surface area contributed by atoms with Crippen LogP contribution in [-0.2, 0) is 13.0 Å². The van der Waals surface area contributed by atoms with E-state index in [1.54, 1.807) is 18.5 Å². The summed E-state index contributed by atoms with van der Waals surface area (Å²) in [4.78, 5) is 24.0. The van der Waals surface area contributed by atoms with Crippen molar-refractivity contribution in [3.8, 4) is 11.4 Å². The lowest BCUT2D eigenvalue weighted by molar-refractivity contribution is 0.0688. The highest BCUT2D eigenvalue weighted by atomic mass is 16.4. The predicted octanol–water partition coefficient (Wildman–Crippen LogP) is 0.882. The minimum Gasteiger partial charge on any atom is -0.476 e. The molecule has 3 rings (SSSR count). The molecule has 3 heterocycles. The molecule has 1 aliphatic rings. The molecule has 0 radical (unpaired) electrons. The molecule has 2 aromatic rings. The van der Waals surface area contributed by atoms with Gasteiger partial charge in [-0.25, -0.2) is 14.8 Å². The van der Waals surface area contributed by atoms with Crippen LogP contribution in [-0.4, -0.2) is 32.6 Å². The van der Waals surface area contributed by atoms with E-state index >= 15 is 0 Å². The molecular formula is C13H12N4O2. The van der Waals surface area contributed by atoms with Crippen LogP contribution in [0.1, 0.15) is 21.7 Å². The van der Waals surface area contributed by atoms with Crippen molar-refractivity contribution in [1.82, 2.24) is 20.3 Å². The van der Waals surface area contributed by atoms with Crippen LogP contribution in [0.4, 0.5) is 0 Å². The average Bonchev–Trinajstić information content (AvgIpc) is 2.47. The number of hydrogen-bond acceptors (Lipinski definition) is 5. The molecule has 2 N–H and O–H groups in total. The zero-order valence-electron chi connectivity index (χ0n) is 10.1. The highest BCUT2D eigenvalue weighted by Gasteiger charge is 2.21. The molecule has 96 valence electrons. The lowest BCUT2D eigenvalue weighted by atomic mass is 10.0. The van der Waals surface area contributed by atoms with Gasteiger partial charge in [-0.05, 0) is 25.1 Å². The van der Waals surface area contributed by atoms with Gasteiger partial charge >= 0.3 is 5.97 Å². The van der Waals surface area contributed by atoms with Gasteiger partial charge in [-0.2, -0.15) is 0 Å². The van der Waals surface area contributed by atoms with Crippen molar-refractivity contribution in [3.63, 3.8) is 0 Å². The fraction of sp³-hybridized carbons (Fsp3) is 0.231. The third-order valence-electron chi connectivity index (χ3n) is 3.06. The first-order chi connectivity index (χ1) is 9.25. The number of rotatable bonds is 2. The number of aromatic nitrogens is 3. The van der Waals surface area contributed by atoms with Crippen molar-refractivity contribution in [2.75, 3.05) is 6.54 Å². The molecule has 0 unspecified atom stereocenters. The summed E-state index contributed by atoms with van der Waals surface area (Å²) in [6.07, 6.45) is 3.93. The topological polar surface area (TPSA) is 88.0 Å². The number of carbonyl (C=O) groups is 1. The van der Waals surface area contributed by atoms with Gasteiger partial charge in [0, 0.05) is 30.1 Å². The van der Waals surface area contributed by atoms with Crippen molar-refractivity contribution < 1.29 is 9.90 Å². The number of aromatic carboxylic acids is 1. The number of nitrogens with zero attached hydrogens (tertiary/aromatic N) is 3. The van der Waals surface area contributed by atoms with Crippen molar-refractivity contribution in [2.24, 2.45) is 0 Å². The van der Waals surface area contributed by atoms with E-state index in [1.807, 2.05) is 6.07 Å². The number of hydrogen-bond donors (Lipinski definition) is 2. The van der Waals surface area contributed by atoms with Crippen LogP contribution in [0.2, 0.25) is 0 Å². The standard InChI is InChI=1S/C13H12N4O2/c18-13(19)11-9-3-5-15-7-10(9)16-12(17-11)8-2-1-4-14-6-8/h1-2,4,6,15H,3,5,7H2,(H,18,19). The Morgan fingerprint density at radius 2 is 2.26 bits per heavy atom. The smallest absolute Gasteiger partial charge is 0.354 e. The zero-order chi connectivity index (χ0) is 13.2. The maximum Gasteiger partial charge on any atom is 0.354 e. The van der Waals surface area contributed by atoms with E-state index in [2.05, 4.69) is 20.3 Å². The fourth-order valence-corrected chi connectivity index (χ4v) is 2.16. The van der Waals surface area contributed by atoms with E-state index in [1.165, 1.54) is 0 Å². The number of carboxylic acid groups (broad SMARTS) is 1. The van der Waals surface area contributed by atoms with Crippen LogP contribution in [0.25, 0.3) is 11.4 Å². The van der Waals surface area contributed by atoms with Crippen molar-refractivity contribution >= 4 is 5.97 Å². The maximum atomic E-state index is 11.3. The summed E-state index contributed by atoms with van der Waals surface area (Å²) in [5.74, 6) is -0.598. The number of nitrogens with one attached hydrogen (secondary N) is 1. The van der Waals surface area contributed by atoms with E-state index in [9.17, 15) is 9.90 Å². The van der Waals surface area contributed by atoms with E-state index < -0.39 is 5.97 Å². The molecule has 0 aliphatic carbocycles. The Hall–Kier alpha value is -2.34. The first-order valence-electron chi connectivity index (χ1n) is 6.00. The first-order valence-corrected chi connectivity index (χ1v) is 6.00. The van der Waals surface area contributed by atoms with Gasteiger partial charge in [0.15, 0.2) is 11.5 Å². The van der Waals surface area contributed by atoms with Gasteiger partial charge in [-0.1, -0.05) is 0 Å². The van der Waals surface area contributed by atoms with Crippen LogP contribution in [0.5, 0.6) is 0 Å². The Balaban J connectivity index is 2.17. The molecule has 0 amide bonds. The van der Waals surface area contributed by atoms with Crippen LogP contribution >= 0.6 is 0 Å². The third kappa shape index (κ3) is 2.17. The minimum atomic E-state index is -1.01. The molecule has 2 aromatic heterocycles. The molecule has 19 heavy (non-hydrogen) atoms. The molecule has 0 aromatic carbocycles.